The molecule has 29 heavy (non-hydrogen) atoms. The Labute approximate surface area is 173 Å². The molecule has 1 aliphatic carbocycles. The maximum atomic E-state index is 11.6. The molecular weight excluding hydrogens is 364 g/mol. The number of carbonyl (C=O) groups is 1. The van der Waals surface area contributed by atoms with E-state index in [-0.39, 0.29) is 18.1 Å². The highest BCUT2D eigenvalue weighted by Gasteiger charge is 2.42. The van der Waals surface area contributed by atoms with Gasteiger partial charge >= 0.3 is 0 Å². The number of hydrogen-bond acceptors (Lipinski definition) is 4. The third kappa shape index (κ3) is 4.23. The lowest BCUT2D eigenvalue weighted by Crippen LogP contribution is -2.49. The summed E-state index contributed by atoms with van der Waals surface area (Å²) in [4.78, 5) is 14.1. The maximum Gasteiger partial charge on any atom is 0.217 e. The number of amides is 1. The van der Waals surface area contributed by atoms with Crippen molar-refractivity contribution in [3.05, 3.63) is 47.3 Å². The molecule has 1 aromatic carbocycles. The number of hydrogen-bond donors (Lipinski definition) is 1. The summed E-state index contributed by atoms with van der Waals surface area (Å²) in [6, 6.07) is 10.8. The van der Waals surface area contributed by atoms with Crippen molar-refractivity contribution in [2.75, 3.05) is 20.2 Å². The van der Waals surface area contributed by atoms with E-state index in [2.05, 4.69) is 57.3 Å². The van der Waals surface area contributed by atoms with Crippen LogP contribution in [0.4, 0.5) is 0 Å². The Hall–Kier alpha value is -2.18. The average molecular weight is 397 g/mol. The Balaban J connectivity index is 1.49. The lowest BCUT2D eigenvalue weighted by atomic mass is 9.77. The number of aryl methyl sites for hydroxylation is 2. The molecule has 0 unspecified atom stereocenters. The van der Waals surface area contributed by atoms with E-state index in [1.54, 1.807) is 14.0 Å². The molecule has 1 amide bonds. The Morgan fingerprint density at radius 1 is 1.21 bits per heavy atom. The number of ether oxygens (including phenoxy) is 1. The summed E-state index contributed by atoms with van der Waals surface area (Å²) in [5.74, 6) is 1.27. The molecule has 6 heteroatoms. The molecule has 2 aromatic rings. The second kappa shape index (κ2) is 8.28. The van der Waals surface area contributed by atoms with E-state index in [4.69, 9.17) is 4.74 Å². The number of aromatic nitrogens is 2. The van der Waals surface area contributed by atoms with E-state index < -0.39 is 0 Å². The van der Waals surface area contributed by atoms with Crippen molar-refractivity contribution in [1.82, 2.24) is 20.0 Å². The van der Waals surface area contributed by atoms with Crippen molar-refractivity contribution in [2.45, 2.75) is 52.3 Å². The lowest BCUT2D eigenvalue weighted by Gasteiger charge is -2.37. The summed E-state index contributed by atoms with van der Waals surface area (Å²) in [6.45, 7) is 8.81. The van der Waals surface area contributed by atoms with Crippen molar-refractivity contribution >= 4 is 5.91 Å². The van der Waals surface area contributed by atoms with Gasteiger partial charge in [0.2, 0.25) is 5.91 Å². The van der Waals surface area contributed by atoms with Crippen LogP contribution in [0.1, 0.15) is 36.7 Å². The number of para-hydroxylation sites is 1. The normalized spacial score (nSPS) is 27.0. The Kier molecular flexibility index (Phi) is 5.74. The van der Waals surface area contributed by atoms with Crippen LogP contribution >= 0.6 is 0 Å². The van der Waals surface area contributed by atoms with Gasteiger partial charge < -0.3 is 10.1 Å². The number of fused-ring (bicyclic) bond motifs is 1. The molecule has 1 saturated heterocycles. The van der Waals surface area contributed by atoms with Crippen molar-refractivity contribution in [3.63, 3.8) is 0 Å². The van der Waals surface area contributed by atoms with Crippen molar-refractivity contribution in [3.8, 4) is 5.69 Å². The van der Waals surface area contributed by atoms with Gasteiger partial charge in [0.05, 0.1) is 23.5 Å². The fourth-order valence-corrected chi connectivity index (χ4v) is 5.28. The third-order valence-corrected chi connectivity index (χ3v) is 6.51. The minimum atomic E-state index is 0.0316. The Morgan fingerprint density at radius 2 is 1.93 bits per heavy atom. The van der Waals surface area contributed by atoms with Crippen LogP contribution in [0, 0.1) is 25.7 Å². The highest BCUT2D eigenvalue weighted by Crippen LogP contribution is 2.38. The molecule has 1 saturated carbocycles. The summed E-state index contributed by atoms with van der Waals surface area (Å²) in [6.07, 6.45) is 2.13. The number of nitrogens with zero attached hydrogens (tertiary/aromatic N) is 3. The fourth-order valence-electron chi connectivity index (χ4n) is 5.28. The maximum absolute atomic E-state index is 11.6. The second-order valence-corrected chi connectivity index (χ2v) is 8.73. The summed E-state index contributed by atoms with van der Waals surface area (Å²) in [7, 11) is 1.76. The first-order valence-corrected chi connectivity index (χ1v) is 10.6. The zero-order valence-corrected chi connectivity index (χ0v) is 17.9. The summed E-state index contributed by atoms with van der Waals surface area (Å²) < 4.78 is 7.77. The summed E-state index contributed by atoms with van der Waals surface area (Å²) in [5.41, 5.74) is 4.67. The van der Waals surface area contributed by atoms with Crippen LogP contribution in [0.15, 0.2) is 30.3 Å². The van der Waals surface area contributed by atoms with Crippen molar-refractivity contribution in [1.29, 1.82) is 0 Å². The number of carbonyl (C=O) groups excluding carboxylic acids is 1. The molecule has 0 radical (unpaired) electrons. The Bertz CT molecular complexity index is 878. The highest BCUT2D eigenvalue weighted by atomic mass is 16.5. The van der Waals surface area contributed by atoms with Crippen LogP contribution in [0.5, 0.6) is 0 Å². The van der Waals surface area contributed by atoms with E-state index in [0.717, 1.165) is 43.9 Å². The third-order valence-electron chi connectivity index (χ3n) is 6.51. The fraction of sp³-hybridized carbons (Fsp3) is 0.565. The van der Waals surface area contributed by atoms with Gasteiger partial charge in [-0.3, -0.25) is 9.69 Å². The van der Waals surface area contributed by atoms with Crippen molar-refractivity contribution < 1.29 is 9.53 Å². The van der Waals surface area contributed by atoms with E-state index in [1.807, 2.05) is 6.92 Å². The van der Waals surface area contributed by atoms with Crippen LogP contribution in [0.2, 0.25) is 0 Å². The van der Waals surface area contributed by atoms with E-state index in [1.165, 1.54) is 11.3 Å². The predicted octanol–water partition coefficient (Wildman–Crippen LogP) is 2.85. The smallest absolute Gasteiger partial charge is 0.217 e. The van der Waals surface area contributed by atoms with Crippen molar-refractivity contribution in [2.24, 2.45) is 11.8 Å². The van der Waals surface area contributed by atoms with Crippen LogP contribution in [-0.2, 0) is 16.1 Å². The quantitative estimate of drug-likeness (QED) is 0.844. The molecule has 1 aromatic heterocycles. The number of likely N-dealkylation sites (tertiary alicyclic amines) is 1. The van der Waals surface area contributed by atoms with E-state index in [9.17, 15) is 4.79 Å². The van der Waals surface area contributed by atoms with Gasteiger partial charge in [0.15, 0.2) is 0 Å². The number of methoxy groups -OCH3 is 1. The average Bonchev–Trinajstić information content (AvgIpc) is 3.22. The zero-order chi connectivity index (χ0) is 20.5. The van der Waals surface area contributed by atoms with Gasteiger partial charge in [-0.25, -0.2) is 4.68 Å². The van der Waals surface area contributed by atoms with Gasteiger partial charge in [-0.15, -0.1) is 0 Å². The lowest BCUT2D eigenvalue weighted by molar-refractivity contribution is -0.121. The minimum Gasteiger partial charge on any atom is -0.379 e. The molecule has 2 fully saturated rings. The zero-order valence-electron chi connectivity index (χ0n) is 17.9. The molecule has 0 bridgehead atoms. The van der Waals surface area contributed by atoms with Gasteiger partial charge in [0.25, 0.3) is 0 Å². The molecule has 0 spiro atoms. The second-order valence-electron chi connectivity index (χ2n) is 8.73. The Morgan fingerprint density at radius 3 is 2.59 bits per heavy atom. The van der Waals surface area contributed by atoms with Crippen LogP contribution in [0.3, 0.4) is 0 Å². The SMILES string of the molecule is CO[C@@H]1C[C@H]2CN(Cc3ccccc3-n3nc(C)cc3C)C[C@H]2C[C@H]1NC(C)=O. The first kappa shape index (κ1) is 20.1. The van der Waals surface area contributed by atoms with Gasteiger partial charge in [-0.05, 0) is 56.2 Å². The first-order chi connectivity index (χ1) is 13.9. The standard InChI is InChI=1S/C23H32N4O2/c1-15-9-16(2)27(25-15)22-8-6-5-7-18(22)12-26-13-19-10-21(24-17(3)28)23(29-4)11-20(19)14-26/h5-9,19-21,23H,10-14H2,1-4H3,(H,24,28)/t19-,20+,21-,23-/m1/s1. The van der Waals surface area contributed by atoms with Crippen LogP contribution < -0.4 is 5.32 Å². The minimum absolute atomic E-state index is 0.0316. The molecule has 1 N–H and O–H groups in total. The molecular formula is C23H32N4O2. The molecule has 4 atom stereocenters. The molecule has 6 nitrogen and oxygen atoms in total. The summed E-state index contributed by atoms with van der Waals surface area (Å²) >= 11 is 0. The first-order valence-electron chi connectivity index (χ1n) is 10.6. The molecule has 2 heterocycles. The van der Waals surface area contributed by atoms with Gasteiger partial charge in [-0.1, -0.05) is 18.2 Å². The summed E-state index contributed by atoms with van der Waals surface area (Å²) in [5, 5.41) is 7.79. The van der Waals surface area contributed by atoms with Gasteiger partial charge in [-0.2, -0.15) is 5.10 Å². The molecule has 156 valence electrons. The van der Waals surface area contributed by atoms with Crippen LogP contribution in [0.25, 0.3) is 5.69 Å². The van der Waals surface area contributed by atoms with Crippen LogP contribution in [-0.4, -0.2) is 52.9 Å². The monoisotopic (exact) mass is 396 g/mol. The predicted molar refractivity (Wildman–Crippen MR) is 113 cm³/mol. The van der Waals surface area contributed by atoms with Gasteiger partial charge in [0.1, 0.15) is 0 Å². The molecule has 4 rings (SSSR count). The number of rotatable bonds is 5. The largest absolute Gasteiger partial charge is 0.379 e. The van der Waals surface area contributed by atoms with Gasteiger partial charge in [0, 0.05) is 39.4 Å². The van der Waals surface area contributed by atoms with E-state index >= 15 is 0 Å². The highest BCUT2D eigenvalue weighted by molar-refractivity contribution is 5.73. The van der Waals surface area contributed by atoms with E-state index in [0.29, 0.717) is 11.8 Å². The molecule has 1 aliphatic heterocycles. The number of benzene rings is 1. The number of nitrogens with one attached hydrogen (secondary N) is 1. The topological polar surface area (TPSA) is 59.4 Å². The molecule has 2 aliphatic rings.